The molecule has 1 aliphatic rings. The lowest BCUT2D eigenvalue weighted by Gasteiger charge is -2.15. The topological polar surface area (TPSA) is 95.1 Å². The molecule has 1 unspecified atom stereocenters. The predicted molar refractivity (Wildman–Crippen MR) is 124 cm³/mol. The van der Waals surface area contributed by atoms with Crippen molar-refractivity contribution in [3.63, 3.8) is 0 Å². The van der Waals surface area contributed by atoms with Crippen LogP contribution in [-0.4, -0.2) is 39.2 Å². The molecule has 0 radical (unpaired) electrons. The summed E-state index contributed by atoms with van der Waals surface area (Å²) in [5.74, 6) is 1.37. The van der Waals surface area contributed by atoms with Gasteiger partial charge in [0.2, 0.25) is 5.75 Å². The highest BCUT2D eigenvalue weighted by Crippen LogP contribution is 2.40. The maximum atomic E-state index is 12.8. The summed E-state index contributed by atoms with van der Waals surface area (Å²) in [6.45, 7) is 0. The summed E-state index contributed by atoms with van der Waals surface area (Å²) in [7, 11) is 4.51. The van der Waals surface area contributed by atoms with Crippen molar-refractivity contribution in [3.8, 4) is 23.0 Å². The zero-order chi connectivity index (χ0) is 23.4. The molecule has 0 saturated carbocycles. The third-order valence-corrected chi connectivity index (χ3v) is 5.25. The molecule has 1 aliphatic heterocycles. The van der Waals surface area contributed by atoms with Crippen LogP contribution in [0.5, 0.6) is 23.0 Å². The molecule has 8 heteroatoms. The van der Waals surface area contributed by atoms with Crippen LogP contribution >= 0.6 is 0 Å². The molecular formula is C25H24N2O6. The van der Waals surface area contributed by atoms with Crippen LogP contribution in [-0.2, 0) is 11.2 Å². The SMILES string of the molecule is COc1cc(NC(=O)c2cccc(NC(=O)C3Cc4ccccc4O3)c2)cc(OC)c1OC. The molecule has 170 valence electrons. The minimum absolute atomic E-state index is 0.270. The highest BCUT2D eigenvalue weighted by molar-refractivity contribution is 6.06. The van der Waals surface area contributed by atoms with Gasteiger partial charge in [-0.1, -0.05) is 24.3 Å². The van der Waals surface area contributed by atoms with Crippen molar-refractivity contribution in [1.29, 1.82) is 0 Å². The minimum Gasteiger partial charge on any atom is -0.493 e. The molecule has 4 rings (SSSR count). The number of benzene rings is 3. The van der Waals surface area contributed by atoms with E-state index in [0.717, 1.165) is 11.3 Å². The first-order valence-corrected chi connectivity index (χ1v) is 10.3. The molecule has 0 spiro atoms. The van der Waals surface area contributed by atoms with Crippen molar-refractivity contribution >= 4 is 23.2 Å². The third kappa shape index (κ3) is 4.69. The lowest BCUT2D eigenvalue weighted by molar-refractivity contribution is -0.122. The molecule has 3 aromatic carbocycles. The summed E-state index contributed by atoms with van der Waals surface area (Å²) < 4.78 is 21.7. The van der Waals surface area contributed by atoms with Gasteiger partial charge in [0.05, 0.1) is 21.3 Å². The van der Waals surface area contributed by atoms with Crippen molar-refractivity contribution in [2.24, 2.45) is 0 Å². The number of hydrogen-bond acceptors (Lipinski definition) is 6. The Labute approximate surface area is 191 Å². The molecule has 3 aromatic rings. The fraction of sp³-hybridized carbons (Fsp3) is 0.200. The van der Waals surface area contributed by atoms with Gasteiger partial charge in [0.15, 0.2) is 17.6 Å². The number of para-hydroxylation sites is 1. The van der Waals surface area contributed by atoms with Crippen molar-refractivity contribution in [2.45, 2.75) is 12.5 Å². The van der Waals surface area contributed by atoms with E-state index in [1.165, 1.54) is 21.3 Å². The summed E-state index contributed by atoms with van der Waals surface area (Å²) in [5, 5.41) is 5.64. The number of carbonyl (C=O) groups is 2. The Hall–Kier alpha value is -4.20. The van der Waals surface area contributed by atoms with Gasteiger partial charge < -0.3 is 29.6 Å². The normalized spacial score (nSPS) is 14.0. The Balaban J connectivity index is 1.46. The number of carbonyl (C=O) groups excluding carboxylic acids is 2. The highest BCUT2D eigenvalue weighted by Gasteiger charge is 2.28. The maximum Gasteiger partial charge on any atom is 0.265 e. The molecule has 0 fully saturated rings. The van der Waals surface area contributed by atoms with E-state index in [4.69, 9.17) is 18.9 Å². The number of methoxy groups -OCH3 is 3. The average Bonchev–Trinajstić information content (AvgIpc) is 3.28. The lowest BCUT2D eigenvalue weighted by atomic mass is 10.1. The van der Waals surface area contributed by atoms with E-state index in [9.17, 15) is 9.59 Å². The van der Waals surface area contributed by atoms with Crippen molar-refractivity contribution in [1.82, 2.24) is 0 Å². The second-order valence-electron chi connectivity index (χ2n) is 7.36. The number of ether oxygens (including phenoxy) is 4. The van der Waals surface area contributed by atoms with E-state index in [1.807, 2.05) is 24.3 Å². The van der Waals surface area contributed by atoms with Crippen LogP contribution in [0, 0.1) is 0 Å². The summed E-state index contributed by atoms with van der Waals surface area (Å²) >= 11 is 0. The van der Waals surface area contributed by atoms with Crippen LogP contribution in [0.15, 0.2) is 60.7 Å². The summed E-state index contributed by atoms with van der Waals surface area (Å²) in [5.41, 5.74) is 2.34. The molecular weight excluding hydrogens is 424 g/mol. The highest BCUT2D eigenvalue weighted by atomic mass is 16.5. The first-order chi connectivity index (χ1) is 16.0. The van der Waals surface area contributed by atoms with Crippen LogP contribution in [0.3, 0.4) is 0 Å². The van der Waals surface area contributed by atoms with Crippen LogP contribution in [0.1, 0.15) is 15.9 Å². The molecule has 1 heterocycles. The predicted octanol–water partition coefficient (Wildman–Crippen LogP) is 3.91. The Bertz CT molecular complexity index is 1140. The van der Waals surface area contributed by atoms with Gasteiger partial charge in [0.25, 0.3) is 11.8 Å². The number of nitrogens with one attached hydrogen (secondary N) is 2. The molecule has 8 nitrogen and oxygen atoms in total. The van der Waals surface area contributed by atoms with Gasteiger partial charge in [-0.25, -0.2) is 0 Å². The molecule has 1 atom stereocenters. The van der Waals surface area contributed by atoms with Gasteiger partial charge in [0, 0.05) is 35.5 Å². The van der Waals surface area contributed by atoms with Crippen LogP contribution in [0.4, 0.5) is 11.4 Å². The molecule has 2 amide bonds. The lowest BCUT2D eigenvalue weighted by Crippen LogP contribution is -2.31. The number of rotatable bonds is 7. The summed E-state index contributed by atoms with van der Waals surface area (Å²) in [6.07, 6.45) is -0.109. The summed E-state index contributed by atoms with van der Waals surface area (Å²) in [6, 6.07) is 17.5. The van der Waals surface area contributed by atoms with E-state index in [2.05, 4.69) is 10.6 Å². The fourth-order valence-electron chi connectivity index (χ4n) is 3.65. The molecule has 0 bridgehead atoms. The smallest absolute Gasteiger partial charge is 0.265 e. The molecule has 0 saturated heterocycles. The molecule has 33 heavy (non-hydrogen) atoms. The summed E-state index contributed by atoms with van der Waals surface area (Å²) in [4.78, 5) is 25.5. The van der Waals surface area contributed by atoms with Crippen molar-refractivity contribution < 1.29 is 28.5 Å². The Morgan fingerprint density at radius 2 is 1.58 bits per heavy atom. The molecule has 0 aromatic heterocycles. The first kappa shape index (κ1) is 22.0. The number of anilines is 2. The first-order valence-electron chi connectivity index (χ1n) is 10.3. The fourth-order valence-corrected chi connectivity index (χ4v) is 3.65. The standard InChI is InChI=1S/C25H24N2O6/c1-30-20-13-18(14-21(31-2)23(20)32-3)27-24(28)16-8-6-9-17(11-16)26-25(29)22-12-15-7-4-5-10-19(15)33-22/h4-11,13-14,22H,12H2,1-3H3,(H,26,29)(H,27,28). The Morgan fingerprint density at radius 1 is 0.848 bits per heavy atom. The van der Waals surface area contributed by atoms with E-state index in [1.54, 1.807) is 36.4 Å². The monoisotopic (exact) mass is 448 g/mol. The largest absolute Gasteiger partial charge is 0.493 e. The van der Waals surface area contributed by atoms with Gasteiger partial charge in [-0.05, 0) is 29.8 Å². The number of amides is 2. The zero-order valence-electron chi connectivity index (χ0n) is 18.5. The average molecular weight is 448 g/mol. The van der Waals surface area contributed by atoms with E-state index in [0.29, 0.717) is 40.6 Å². The van der Waals surface area contributed by atoms with Gasteiger partial charge in [0.1, 0.15) is 5.75 Å². The van der Waals surface area contributed by atoms with Crippen LogP contribution in [0.25, 0.3) is 0 Å². The zero-order valence-corrected chi connectivity index (χ0v) is 18.5. The molecule has 2 N–H and O–H groups in total. The number of hydrogen-bond donors (Lipinski definition) is 2. The van der Waals surface area contributed by atoms with E-state index < -0.39 is 6.10 Å². The van der Waals surface area contributed by atoms with E-state index >= 15 is 0 Å². The second kappa shape index (κ2) is 9.52. The van der Waals surface area contributed by atoms with Crippen LogP contribution in [0.2, 0.25) is 0 Å². The van der Waals surface area contributed by atoms with Gasteiger partial charge in [-0.15, -0.1) is 0 Å². The Kier molecular flexibility index (Phi) is 6.35. The molecule has 0 aliphatic carbocycles. The quantitative estimate of drug-likeness (QED) is 0.569. The van der Waals surface area contributed by atoms with Crippen LogP contribution < -0.4 is 29.6 Å². The van der Waals surface area contributed by atoms with Gasteiger partial charge in [-0.2, -0.15) is 0 Å². The number of fused-ring (bicyclic) bond motifs is 1. The van der Waals surface area contributed by atoms with Gasteiger partial charge in [-0.3, -0.25) is 9.59 Å². The maximum absolute atomic E-state index is 12.8. The van der Waals surface area contributed by atoms with Crippen molar-refractivity contribution in [3.05, 3.63) is 71.8 Å². The Morgan fingerprint density at radius 3 is 2.24 bits per heavy atom. The third-order valence-electron chi connectivity index (χ3n) is 5.25. The van der Waals surface area contributed by atoms with E-state index in [-0.39, 0.29) is 11.8 Å². The second-order valence-corrected chi connectivity index (χ2v) is 7.36. The van der Waals surface area contributed by atoms with Crippen molar-refractivity contribution in [2.75, 3.05) is 32.0 Å². The minimum atomic E-state index is -0.612. The van der Waals surface area contributed by atoms with Gasteiger partial charge >= 0.3 is 0 Å².